The van der Waals surface area contributed by atoms with Crippen LogP contribution in [0.2, 0.25) is 23.2 Å². The van der Waals surface area contributed by atoms with E-state index in [4.69, 9.17) is 23.2 Å². The van der Waals surface area contributed by atoms with Crippen LogP contribution in [0.25, 0.3) is 0 Å². The lowest BCUT2D eigenvalue weighted by Gasteiger charge is -2.50. The van der Waals surface area contributed by atoms with E-state index in [-0.39, 0.29) is 29.2 Å². The zero-order chi connectivity index (χ0) is 33.9. The average molecular weight is 660 g/mol. The molecule has 0 aliphatic carbocycles. The highest BCUT2D eigenvalue weighted by Crippen LogP contribution is 2.43. The van der Waals surface area contributed by atoms with Crippen LogP contribution in [0.5, 0.6) is 0 Å². The molecule has 0 aliphatic rings. The first-order valence-electron chi connectivity index (χ1n) is 16.4. The van der Waals surface area contributed by atoms with E-state index in [1.165, 1.54) is 22.5 Å². The molecule has 0 aliphatic heterocycles. The Morgan fingerprint density at radius 1 is 0.844 bits per heavy atom. The molecule has 0 N–H and O–H groups in total. The highest BCUT2D eigenvalue weighted by atomic mass is 28.4. The molecule has 0 saturated carbocycles. The predicted octanol–water partition coefficient (Wildman–Crippen LogP) is 7.30. The van der Waals surface area contributed by atoms with Gasteiger partial charge in [-0.15, -0.1) is 0 Å². The van der Waals surface area contributed by atoms with E-state index in [2.05, 4.69) is 122 Å². The first-order chi connectivity index (χ1) is 21.0. The molecule has 0 heterocycles. The number of unbranched alkanes of at least 4 members (excludes halogenated alkanes) is 1. The van der Waals surface area contributed by atoms with Crippen molar-refractivity contribution < 1.29 is 28.0 Å². The second-order valence-corrected chi connectivity index (χ2v) is 23.7. The third-order valence-electron chi connectivity index (χ3n) is 9.53. The van der Waals surface area contributed by atoms with Gasteiger partial charge in [-0.1, -0.05) is 122 Å². The van der Waals surface area contributed by atoms with Gasteiger partial charge >= 0.3 is 0 Å². The molecule has 0 unspecified atom stereocenters. The van der Waals surface area contributed by atoms with Crippen LogP contribution in [-0.4, -0.2) is 74.0 Å². The number of carbonyl (C=O) groups is 1. The number of rotatable bonds is 18. The largest absolute Gasteiger partial charge is 0.414 e. The van der Waals surface area contributed by atoms with Crippen LogP contribution in [0.1, 0.15) is 80.6 Å². The Hall–Kier alpha value is -1.86. The fourth-order valence-corrected chi connectivity index (χ4v) is 11.3. The molecule has 0 aromatic heterocycles. The van der Waals surface area contributed by atoms with Gasteiger partial charge in [-0.05, 0) is 46.4 Å². The van der Waals surface area contributed by atoms with Crippen molar-refractivity contribution in [1.82, 2.24) is 5.06 Å². The molecule has 7 nitrogen and oxygen atoms in total. The summed E-state index contributed by atoms with van der Waals surface area (Å²) in [5.41, 5.74) is -0.855. The second kappa shape index (κ2) is 16.8. The van der Waals surface area contributed by atoms with E-state index >= 15 is 0 Å². The molecular formula is C36H61NO6Si2. The summed E-state index contributed by atoms with van der Waals surface area (Å²) in [5.74, 6) is -0.117. The summed E-state index contributed by atoms with van der Waals surface area (Å²) < 4.78 is 27.2. The summed E-state index contributed by atoms with van der Waals surface area (Å²) in [6.45, 7) is 20.8. The summed E-state index contributed by atoms with van der Waals surface area (Å²) in [4.78, 5) is 18.4. The minimum Gasteiger partial charge on any atom is -0.414 e. The van der Waals surface area contributed by atoms with Crippen molar-refractivity contribution in [2.24, 2.45) is 0 Å². The Bertz CT molecular complexity index is 1100. The van der Waals surface area contributed by atoms with Gasteiger partial charge in [0.25, 0.3) is 8.32 Å². The van der Waals surface area contributed by atoms with Crippen LogP contribution < -0.4 is 10.4 Å². The third-order valence-corrected chi connectivity index (χ3v) is 19.1. The molecule has 0 spiro atoms. The second-order valence-electron chi connectivity index (χ2n) is 14.6. The lowest BCUT2D eigenvalue weighted by Crippen LogP contribution is -2.70. The number of nitrogens with zero attached hydrogens (tertiary/aromatic N) is 1. The maximum absolute atomic E-state index is 13.2. The fourth-order valence-electron chi connectivity index (χ4n) is 5.61. The number of methoxy groups -OCH3 is 1. The van der Waals surface area contributed by atoms with Crippen molar-refractivity contribution in [1.29, 1.82) is 0 Å². The van der Waals surface area contributed by atoms with Gasteiger partial charge in [0.2, 0.25) is 5.91 Å². The lowest BCUT2D eigenvalue weighted by molar-refractivity contribution is -0.193. The van der Waals surface area contributed by atoms with E-state index in [0.29, 0.717) is 19.4 Å². The van der Waals surface area contributed by atoms with Gasteiger partial charge in [0, 0.05) is 20.6 Å². The van der Waals surface area contributed by atoms with Crippen molar-refractivity contribution in [3.8, 4) is 0 Å². The number of benzene rings is 2. The predicted molar refractivity (Wildman–Crippen MR) is 190 cm³/mol. The SMILES string of the molecule is CCCC[C@](CCC(=O)N(C)OC)(OCOC)[C@H](CO[Si](C)(C)C(C)(C)C)O[Si](c1ccccc1)(c1ccccc1)C(C)(C)C. The van der Waals surface area contributed by atoms with Gasteiger partial charge in [0.1, 0.15) is 6.79 Å². The van der Waals surface area contributed by atoms with E-state index in [1.54, 1.807) is 14.2 Å². The maximum Gasteiger partial charge on any atom is 0.261 e. The standard InChI is InChI=1S/C36H61NO6Si2/c1-13-14-26-36(41-29-39-9,27-25-33(38)37(8)40-10)32(28-42-44(11,12)34(2,3)4)43-45(35(5,6)7,30-21-17-15-18-22-30)31-23-19-16-20-24-31/h15-24,32H,13-14,25-29H2,1-12H3/t32-,36+/m0/s1. The van der Waals surface area contributed by atoms with Crippen molar-refractivity contribution in [2.75, 3.05) is 34.7 Å². The molecule has 2 atom stereocenters. The fraction of sp³-hybridized carbons (Fsp3) is 0.639. The highest BCUT2D eigenvalue weighted by molar-refractivity contribution is 6.99. The van der Waals surface area contributed by atoms with Crippen LogP contribution in [0.15, 0.2) is 60.7 Å². The van der Waals surface area contributed by atoms with E-state index in [1.807, 2.05) is 0 Å². The molecule has 45 heavy (non-hydrogen) atoms. The summed E-state index contributed by atoms with van der Waals surface area (Å²) >= 11 is 0. The molecule has 1 amide bonds. The van der Waals surface area contributed by atoms with Gasteiger partial charge in [0.05, 0.1) is 25.4 Å². The van der Waals surface area contributed by atoms with E-state index in [0.717, 1.165) is 12.8 Å². The van der Waals surface area contributed by atoms with Crippen molar-refractivity contribution >= 4 is 32.9 Å². The van der Waals surface area contributed by atoms with Crippen LogP contribution in [0, 0.1) is 0 Å². The van der Waals surface area contributed by atoms with Gasteiger partial charge in [-0.2, -0.15) is 0 Å². The van der Waals surface area contributed by atoms with Crippen molar-refractivity contribution in [2.45, 2.75) is 115 Å². The van der Waals surface area contributed by atoms with Crippen molar-refractivity contribution in [3.63, 3.8) is 0 Å². The highest BCUT2D eigenvalue weighted by Gasteiger charge is 2.55. The van der Waals surface area contributed by atoms with E-state index < -0.39 is 28.3 Å². The molecule has 0 fully saturated rings. The summed E-state index contributed by atoms with van der Waals surface area (Å²) in [6.07, 6.45) is 2.75. The Morgan fingerprint density at radius 3 is 1.80 bits per heavy atom. The van der Waals surface area contributed by atoms with Crippen LogP contribution in [0.4, 0.5) is 0 Å². The Labute approximate surface area is 276 Å². The number of carbonyl (C=O) groups excluding carboxylic acids is 1. The van der Waals surface area contributed by atoms with Gasteiger partial charge in [0.15, 0.2) is 8.32 Å². The van der Waals surface area contributed by atoms with Crippen LogP contribution in [-0.2, 0) is 28.0 Å². The van der Waals surface area contributed by atoms with Gasteiger partial charge < -0.3 is 18.3 Å². The quantitative estimate of drug-likeness (QED) is 0.0951. The zero-order valence-corrected chi connectivity index (χ0v) is 32.2. The molecule has 0 bridgehead atoms. The molecule has 2 aromatic carbocycles. The molecular weight excluding hydrogens is 599 g/mol. The molecule has 2 aromatic rings. The smallest absolute Gasteiger partial charge is 0.261 e. The first kappa shape index (κ1) is 39.3. The summed E-state index contributed by atoms with van der Waals surface area (Å²) in [5, 5.41) is 3.41. The molecule has 0 saturated heterocycles. The Morgan fingerprint density at radius 2 is 1.38 bits per heavy atom. The average Bonchev–Trinajstić information content (AvgIpc) is 3.00. The molecule has 9 heteroatoms. The third kappa shape index (κ3) is 9.82. The number of hydrogen-bond acceptors (Lipinski definition) is 6. The summed E-state index contributed by atoms with van der Waals surface area (Å²) in [6, 6.07) is 21.3. The first-order valence-corrected chi connectivity index (χ1v) is 21.2. The van der Waals surface area contributed by atoms with E-state index in [9.17, 15) is 4.79 Å². The summed E-state index contributed by atoms with van der Waals surface area (Å²) in [7, 11) is -0.452. The topological polar surface area (TPSA) is 66.5 Å². The monoisotopic (exact) mass is 659 g/mol. The van der Waals surface area contributed by atoms with Gasteiger partial charge in [-0.3, -0.25) is 9.63 Å². The maximum atomic E-state index is 13.2. The number of hydrogen-bond donors (Lipinski definition) is 0. The normalized spacial score (nSPS) is 15.0. The van der Waals surface area contributed by atoms with Crippen molar-refractivity contribution in [3.05, 3.63) is 60.7 Å². The zero-order valence-electron chi connectivity index (χ0n) is 30.2. The minimum atomic E-state index is -3.03. The molecule has 2 rings (SSSR count). The number of hydroxylamine groups is 2. The lowest BCUT2D eigenvalue weighted by atomic mass is 9.85. The van der Waals surface area contributed by atoms with Crippen LogP contribution in [0.3, 0.4) is 0 Å². The van der Waals surface area contributed by atoms with Crippen LogP contribution >= 0.6 is 0 Å². The number of amides is 1. The Balaban J connectivity index is 2.90. The minimum absolute atomic E-state index is 0.00552. The number of ether oxygens (including phenoxy) is 2. The van der Waals surface area contributed by atoms with Gasteiger partial charge in [-0.25, -0.2) is 5.06 Å². The molecule has 0 radical (unpaired) electrons. The Kier molecular flexibility index (Phi) is 14.7. The molecule has 254 valence electrons.